The van der Waals surface area contributed by atoms with Crippen molar-refractivity contribution in [2.75, 3.05) is 26.7 Å². The van der Waals surface area contributed by atoms with Crippen LogP contribution in [0.1, 0.15) is 26.2 Å². The summed E-state index contributed by atoms with van der Waals surface area (Å²) in [7, 11) is 1.88. The summed E-state index contributed by atoms with van der Waals surface area (Å²) >= 11 is 0. The van der Waals surface area contributed by atoms with Gasteiger partial charge in [0.25, 0.3) is 0 Å². The van der Waals surface area contributed by atoms with Crippen molar-refractivity contribution in [3.8, 4) is 0 Å². The molecule has 0 spiro atoms. The zero-order valence-corrected chi connectivity index (χ0v) is 8.29. The van der Waals surface area contributed by atoms with Crippen molar-refractivity contribution in [1.29, 1.82) is 0 Å². The zero-order chi connectivity index (χ0) is 8.81. The van der Waals surface area contributed by atoms with Gasteiger partial charge in [0.05, 0.1) is 0 Å². The van der Waals surface area contributed by atoms with E-state index >= 15 is 0 Å². The Labute approximate surface area is 75.7 Å². The molecule has 1 atom stereocenters. The Bertz CT molecular complexity index is 143. The van der Waals surface area contributed by atoms with Crippen LogP contribution in [0, 0.1) is 5.92 Å². The van der Waals surface area contributed by atoms with E-state index in [0.717, 1.165) is 5.92 Å². The smallest absolute Gasteiger partial charge is 0.0273 e. The molecule has 12 heavy (non-hydrogen) atoms. The van der Waals surface area contributed by atoms with Crippen molar-refractivity contribution in [2.24, 2.45) is 10.9 Å². The summed E-state index contributed by atoms with van der Waals surface area (Å²) in [6.07, 6.45) is 6.09. The monoisotopic (exact) mass is 168 g/mol. The molecule has 1 fully saturated rings. The number of nitrogens with zero attached hydrogens (tertiary/aromatic N) is 2. The summed E-state index contributed by atoms with van der Waals surface area (Å²) in [4.78, 5) is 6.64. The molecule has 0 aliphatic carbocycles. The van der Waals surface area contributed by atoms with E-state index in [4.69, 9.17) is 0 Å². The molecule has 0 N–H and O–H groups in total. The Morgan fingerprint density at radius 3 is 2.92 bits per heavy atom. The third-order valence-corrected chi connectivity index (χ3v) is 2.67. The predicted molar refractivity (Wildman–Crippen MR) is 53.9 cm³/mol. The molecule has 2 nitrogen and oxygen atoms in total. The van der Waals surface area contributed by atoms with Crippen molar-refractivity contribution >= 4 is 6.21 Å². The molecule has 0 aromatic carbocycles. The highest BCUT2D eigenvalue weighted by molar-refractivity contribution is 5.60. The van der Waals surface area contributed by atoms with Crippen LogP contribution >= 0.6 is 0 Å². The normalized spacial score (nSPS) is 27.7. The molecule has 0 aromatic rings. The quantitative estimate of drug-likeness (QED) is 0.574. The molecular formula is C10H20N2. The Balaban J connectivity index is 2.33. The van der Waals surface area contributed by atoms with Gasteiger partial charge in [-0.2, -0.15) is 0 Å². The van der Waals surface area contributed by atoms with E-state index in [1.165, 1.54) is 38.9 Å². The summed E-state index contributed by atoms with van der Waals surface area (Å²) in [6.45, 7) is 5.99. The van der Waals surface area contributed by atoms with Crippen LogP contribution in [-0.4, -0.2) is 37.8 Å². The van der Waals surface area contributed by atoms with Crippen LogP contribution in [-0.2, 0) is 0 Å². The minimum absolute atomic E-state index is 0.742. The molecule has 0 bridgehead atoms. The lowest BCUT2D eigenvalue weighted by Crippen LogP contribution is -2.24. The highest BCUT2D eigenvalue weighted by atomic mass is 15.1. The van der Waals surface area contributed by atoms with Gasteiger partial charge in [0.1, 0.15) is 0 Å². The van der Waals surface area contributed by atoms with Crippen molar-refractivity contribution in [3.05, 3.63) is 0 Å². The first-order valence-electron chi connectivity index (χ1n) is 5.01. The minimum Gasteiger partial charge on any atom is -0.304 e. The summed E-state index contributed by atoms with van der Waals surface area (Å²) in [6, 6.07) is 0. The summed E-state index contributed by atoms with van der Waals surface area (Å²) in [5.74, 6) is 0.742. The Morgan fingerprint density at radius 2 is 2.25 bits per heavy atom. The molecule has 1 rings (SSSR count). The van der Waals surface area contributed by atoms with E-state index in [0.29, 0.717) is 0 Å². The van der Waals surface area contributed by atoms with Crippen LogP contribution in [0.2, 0.25) is 0 Å². The zero-order valence-electron chi connectivity index (χ0n) is 8.29. The first kappa shape index (κ1) is 9.72. The molecule has 1 unspecified atom stereocenters. The van der Waals surface area contributed by atoms with Gasteiger partial charge in [0, 0.05) is 13.3 Å². The lowest BCUT2D eigenvalue weighted by Gasteiger charge is -2.16. The fraction of sp³-hybridized carbons (Fsp3) is 0.900. The summed E-state index contributed by atoms with van der Waals surface area (Å²) in [5.41, 5.74) is 0. The second-order valence-corrected chi connectivity index (χ2v) is 3.53. The molecule has 1 aliphatic rings. The van der Waals surface area contributed by atoms with Gasteiger partial charge in [-0.05, 0) is 44.8 Å². The molecule has 1 saturated heterocycles. The number of hydrogen-bond donors (Lipinski definition) is 0. The molecule has 0 amide bonds. The van der Waals surface area contributed by atoms with Gasteiger partial charge in [-0.3, -0.25) is 0 Å². The molecule has 70 valence electrons. The van der Waals surface area contributed by atoms with Crippen LogP contribution in [0.5, 0.6) is 0 Å². The second kappa shape index (κ2) is 5.31. The number of aliphatic imine (C=N–C) groups is 1. The van der Waals surface area contributed by atoms with E-state index in [1.54, 1.807) is 0 Å². The van der Waals surface area contributed by atoms with E-state index < -0.39 is 0 Å². The highest BCUT2D eigenvalue weighted by Gasteiger charge is 2.13. The van der Waals surface area contributed by atoms with Gasteiger partial charge in [0.2, 0.25) is 0 Å². The van der Waals surface area contributed by atoms with Gasteiger partial charge < -0.3 is 9.89 Å². The third-order valence-electron chi connectivity index (χ3n) is 2.67. The molecular weight excluding hydrogens is 148 g/mol. The van der Waals surface area contributed by atoms with Crippen molar-refractivity contribution in [2.45, 2.75) is 26.2 Å². The molecule has 1 aliphatic heterocycles. The number of hydrogen-bond acceptors (Lipinski definition) is 2. The Morgan fingerprint density at radius 1 is 1.42 bits per heavy atom. The maximum Gasteiger partial charge on any atom is 0.0273 e. The topological polar surface area (TPSA) is 15.6 Å². The van der Waals surface area contributed by atoms with Crippen molar-refractivity contribution in [3.63, 3.8) is 0 Å². The molecule has 1 heterocycles. The van der Waals surface area contributed by atoms with Crippen LogP contribution in [0.25, 0.3) is 0 Å². The van der Waals surface area contributed by atoms with E-state index in [2.05, 4.69) is 23.0 Å². The fourth-order valence-corrected chi connectivity index (χ4v) is 1.86. The predicted octanol–water partition coefficient (Wildman–Crippen LogP) is 1.81. The first-order chi connectivity index (χ1) is 5.86. The molecule has 0 saturated carbocycles. The lowest BCUT2D eigenvalue weighted by molar-refractivity contribution is 0.299. The van der Waals surface area contributed by atoms with Gasteiger partial charge >= 0.3 is 0 Å². The van der Waals surface area contributed by atoms with E-state index in [9.17, 15) is 0 Å². The Hall–Kier alpha value is -0.370. The van der Waals surface area contributed by atoms with Crippen molar-refractivity contribution in [1.82, 2.24) is 4.90 Å². The third kappa shape index (κ3) is 2.94. The van der Waals surface area contributed by atoms with Gasteiger partial charge in [-0.15, -0.1) is 0 Å². The summed E-state index contributed by atoms with van der Waals surface area (Å²) < 4.78 is 0. The second-order valence-electron chi connectivity index (χ2n) is 3.53. The van der Waals surface area contributed by atoms with Crippen LogP contribution in [0.4, 0.5) is 0 Å². The van der Waals surface area contributed by atoms with Crippen LogP contribution in [0.15, 0.2) is 4.99 Å². The average Bonchev–Trinajstić information content (AvgIpc) is 2.31. The van der Waals surface area contributed by atoms with Crippen LogP contribution in [0.3, 0.4) is 0 Å². The van der Waals surface area contributed by atoms with Gasteiger partial charge in [-0.25, -0.2) is 0 Å². The average molecular weight is 168 g/mol. The number of rotatable bonds is 2. The highest BCUT2D eigenvalue weighted by Crippen LogP contribution is 2.15. The standard InChI is InChI=1S/C10H20N2/c1-3-12-7-4-5-10(6-8-12)9-11-2/h9-10H,3-8H2,1-2H3. The number of likely N-dealkylation sites (tertiary alicyclic amines) is 1. The largest absolute Gasteiger partial charge is 0.304 e. The molecule has 2 heteroatoms. The van der Waals surface area contributed by atoms with Crippen molar-refractivity contribution < 1.29 is 0 Å². The Kier molecular flexibility index (Phi) is 4.30. The van der Waals surface area contributed by atoms with Crippen LogP contribution < -0.4 is 0 Å². The SMILES string of the molecule is CCN1CCCC(C=NC)CC1. The minimum atomic E-state index is 0.742. The molecule has 0 aromatic heterocycles. The van der Waals surface area contributed by atoms with Gasteiger partial charge in [0.15, 0.2) is 0 Å². The maximum absolute atomic E-state index is 4.11. The maximum atomic E-state index is 4.11. The first-order valence-corrected chi connectivity index (χ1v) is 5.01. The molecule has 0 radical (unpaired) electrons. The lowest BCUT2D eigenvalue weighted by atomic mass is 10.0. The van der Waals surface area contributed by atoms with Gasteiger partial charge in [-0.1, -0.05) is 6.92 Å². The fourth-order valence-electron chi connectivity index (χ4n) is 1.86. The summed E-state index contributed by atoms with van der Waals surface area (Å²) in [5, 5.41) is 0. The van der Waals surface area contributed by atoms with E-state index in [1.807, 2.05) is 7.05 Å². The van der Waals surface area contributed by atoms with E-state index in [-0.39, 0.29) is 0 Å².